The maximum atomic E-state index is 5.33. The second-order valence-corrected chi connectivity index (χ2v) is 5.97. The molecule has 0 aromatic carbocycles. The number of thioether (sulfide) groups is 1. The fourth-order valence-corrected chi connectivity index (χ4v) is 3.17. The SMILES string of the molecule is Cc1nc(CSc2nncn2Cc2ccco2)cs1. The molecular weight excluding hydrogens is 280 g/mol. The van der Waals surface area contributed by atoms with Crippen LogP contribution in [0.1, 0.15) is 16.5 Å². The summed E-state index contributed by atoms with van der Waals surface area (Å²) in [6, 6.07) is 3.82. The van der Waals surface area contributed by atoms with Gasteiger partial charge in [-0.3, -0.25) is 0 Å². The summed E-state index contributed by atoms with van der Waals surface area (Å²) in [5.41, 5.74) is 1.08. The van der Waals surface area contributed by atoms with Crippen molar-refractivity contribution in [2.24, 2.45) is 0 Å². The molecule has 0 bridgehead atoms. The number of hydrogen-bond donors (Lipinski definition) is 0. The van der Waals surface area contributed by atoms with Crippen molar-refractivity contribution in [2.45, 2.75) is 24.4 Å². The van der Waals surface area contributed by atoms with Crippen LogP contribution < -0.4 is 0 Å². The third-order valence-corrected chi connectivity index (χ3v) is 4.34. The first kappa shape index (κ1) is 12.4. The molecule has 0 unspecified atom stereocenters. The lowest BCUT2D eigenvalue weighted by Gasteiger charge is -2.03. The Morgan fingerprint density at radius 3 is 3.16 bits per heavy atom. The lowest BCUT2D eigenvalue weighted by atomic mass is 10.4. The molecular formula is C12H12N4OS2. The zero-order valence-corrected chi connectivity index (χ0v) is 11.9. The van der Waals surface area contributed by atoms with Crippen LogP contribution in [0.5, 0.6) is 0 Å². The van der Waals surface area contributed by atoms with Crippen molar-refractivity contribution in [2.75, 3.05) is 0 Å². The van der Waals surface area contributed by atoms with E-state index in [0.717, 1.165) is 27.4 Å². The third kappa shape index (κ3) is 3.05. The quantitative estimate of drug-likeness (QED) is 0.677. The predicted molar refractivity (Wildman–Crippen MR) is 74.2 cm³/mol. The highest BCUT2D eigenvalue weighted by atomic mass is 32.2. The van der Waals surface area contributed by atoms with Gasteiger partial charge < -0.3 is 8.98 Å². The second-order valence-electron chi connectivity index (χ2n) is 3.97. The number of hydrogen-bond acceptors (Lipinski definition) is 6. The van der Waals surface area contributed by atoms with Crippen LogP contribution in [0.25, 0.3) is 0 Å². The molecule has 0 aliphatic rings. The smallest absolute Gasteiger partial charge is 0.191 e. The van der Waals surface area contributed by atoms with E-state index >= 15 is 0 Å². The van der Waals surface area contributed by atoms with Crippen LogP contribution in [-0.2, 0) is 12.3 Å². The van der Waals surface area contributed by atoms with Crippen LogP contribution in [0.2, 0.25) is 0 Å². The van der Waals surface area contributed by atoms with Crippen molar-refractivity contribution in [1.82, 2.24) is 19.7 Å². The monoisotopic (exact) mass is 292 g/mol. The fourth-order valence-electron chi connectivity index (χ4n) is 1.65. The molecule has 0 N–H and O–H groups in total. The van der Waals surface area contributed by atoms with E-state index in [9.17, 15) is 0 Å². The van der Waals surface area contributed by atoms with Gasteiger partial charge in [-0.1, -0.05) is 11.8 Å². The van der Waals surface area contributed by atoms with Crippen LogP contribution in [0, 0.1) is 6.92 Å². The molecule has 0 saturated heterocycles. The number of aryl methyl sites for hydroxylation is 1. The van der Waals surface area contributed by atoms with Gasteiger partial charge in [0.2, 0.25) is 0 Å². The number of nitrogens with zero attached hydrogens (tertiary/aromatic N) is 4. The minimum Gasteiger partial charge on any atom is -0.467 e. The van der Waals surface area contributed by atoms with E-state index in [1.165, 1.54) is 0 Å². The zero-order valence-electron chi connectivity index (χ0n) is 10.3. The average molecular weight is 292 g/mol. The van der Waals surface area contributed by atoms with Crippen molar-refractivity contribution in [3.63, 3.8) is 0 Å². The first-order chi connectivity index (χ1) is 9.31. The molecule has 3 aromatic rings. The lowest BCUT2D eigenvalue weighted by molar-refractivity contribution is 0.484. The van der Waals surface area contributed by atoms with E-state index in [2.05, 4.69) is 20.6 Å². The molecule has 3 aromatic heterocycles. The van der Waals surface area contributed by atoms with E-state index in [4.69, 9.17) is 4.42 Å². The van der Waals surface area contributed by atoms with Crippen LogP contribution in [-0.4, -0.2) is 19.7 Å². The molecule has 0 fully saturated rings. The highest BCUT2D eigenvalue weighted by Gasteiger charge is 2.08. The molecule has 0 aliphatic carbocycles. The van der Waals surface area contributed by atoms with E-state index in [-0.39, 0.29) is 0 Å². The van der Waals surface area contributed by atoms with Crippen molar-refractivity contribution >= 4 is 23.1 Å². The Hall–Kier alpha value is -1.60. The minimum absolute atomic E-state index is 0.651. The van der Waals surface area contributed by atoms with Gasteiger partial charge in [0, 0.05) is 11.1 Å². The van der Waals surface area contributed by atoms with E-state index in [1.807, 2.05) is 23.6 Å². The molecule has 0 aliphatic heterocycles. The van der Waals surface area contributed by atoms with Gasteiger partial charge >= 0.3 is 0 Å². The Kier molecular flexibility index (Phi) is 3.65. The van der Waals surface area contributed by atoms with Gasteiger partial charge in [0.25, 0.3) is 0 Å². The van der Waals surface area contributed by atoms with Crippen LogP contribution in [0.4, 0.5) is 0 Å². The maximum absolute atomic E-state index is 5.33. The molecule has 19 heavy (non-hydrogen) atoms. The Bertz CT molecular complexity index is 644. The number of furan rings is 1. The highest BCUT2D eigenvalue weighted by molar-refractivity contribution is 7.98. The summed E-state index contributed by atoms with van der Waals surface area (Å²) >= 11 is 3.30. The summed E-state index contributed by atoms with van der Waals surface area (Å²) < 4.78 is 7.31. The van der Waals surface area contributed by atoms with Gasteiger partial charge in [-0.2, -0.15) is 0 Å². The number of aromatic nitrogens is 4. The van der Waals surface area contributed by atoms with Crippen LogP contribution in [0.15, 0.2) is 39.7 Å². The lowest BCUT2D eigenvalue weighted by Crippen LogP contribution is -1.99. The van der Waals surface area contributed by atoms with Gasteiger partial charge in [0.15, 0.2) is 5.16 Å². The largest absolute Gasteiger partial charge is 0.467 e. The second kappa shape index (κ2) is 5.58. The highest BCUT2D eigenvalue weighted by Crippen LogP contribution is 2.22. The topological polar surface area (TPSA) is 56.7 Å². The van der Waals surface area contributed by atoms with Crippen LogP contribution >= 0.6 is 23.1 Å². The number of thiazole rings is 1. The van der Waals surface area contributed by atoms with Gasteiger partial charge in [0.1, 0.15) is 12.1 Å². The molecule has 0 atom stereocenters. The molecule has 5 nitrogen and oxygen atoms in total. The molecule has 98 valence electrons. The van der Waals surface area contributed by atoms with Crippen LogP contribution in [0.3, 0.4) is 0 Å². The predicted octanol–water partition coefficient (Wildman–Crippen LogP) is 2.98. The normalized spacial score (nSPS) is 11.0. The first-order valence-electron chi connectivity index (χ1n) is 5.75. The first-order valence-corrected chi connectivity index (χ1v) is 7.62. The average Bonchev–Trinajstić information content (AvgIpc) is 3.10. The van der Waals surface area contributed by atoms with Crippen molar-refractivity contribution in [1.29, 1.82) is 0 Å². The molecule has 3 heterocycles. The summed E-state index contributed by atoms with van der Waals surface area (Å²) in [6.07, 6.45) is 3.39. The fraction of sp³-hybridized carbons (Fsp3) is 0.250. The van der Waals surface area contributed by atoms with Gasteiger partial charge in [-0.15, -0.1) is 21.5 Å². The Balaban J connectivity index is 1.66. The van der Waals surface area contributed by atoms with Gasteiger partial charge in [0.05, 0.1) is 23.5 Å². The van der Waals surface area contributed by atoms with E-state index in [0.29, 0.717) is 6.54 Å². The summed E-state index contributed by atoms with van der Waals surface area (Å²) in [6.45, 7) is 2.66. The van der Waals surface area contributed by atoms with E-state index in [1.54, 1.807) is 35.7 Å². The Morgan fingerprint density at radius 2 is 2.42 bits per heavy atom. The van der Waals surface area contributed by atoms with Crippen molar-refractivity contribution in [3.8, 4) is 0 Å². The molecule has 0 radical (unpaired) electrons. The van der Waals surface area contributed by atoms with Gasteiger partial charge in [-0.05, 0) is 19.1 Å². The summed E-state index contributed by atoms with van der Waals surface area (Å²) in [5.74, 6) is 1.70. The van der Waals surface area contributed by atoms with Gasteiger partial charge in [-0.25, -0.2) is 4.98 Å². The molecule has 3 rings (SSSR count). The van der Waals surface area contributed by atoms with Crippen molar-refractivity contribution < 1.29 is 4.42 Å². The standard InChI is InChI=1S/C12H12N4OS2/c1-9-14-10(6-18-9)7-19-12-15-13-8-16(12)5-11-3-2-4-17-11/h2-4,6,8H,5,7H2,1H3. The third-order valence-electron chi connectivity index (χ3n) is 2.50. The molecule has 7 heteroatoms. The van der Waals surface area contributed by atoms with Crippen molar-refractivity contribution in [3.05, 3.63) is 46.6 Å². The minimum atomic E-state index is 0.651. The Labute approximate surface area is 118 Å². The van der Waals surface area contributed by atoms with E-state index < -0.39 is 0 Å². The molecule has 0 amide bonds. The summed E-state index contributed by atoms with van der Waals surface area (Å²) in [7, 11) is 0. The molecule has 0 saturated carbocycles. The summed E-state index contributed by atoms with van der Waals surface area (Å²) in [5, 5.41) is 12.1. The summed E-state index contributed by atoms with van der Waals surface area (Å²) in [4.78, 5) is 4.44. The maximum Gasteiger partial charge on any atom is 0.191 e. The zero-order chi connectivity index (χ0) is 13.1. The Morgan fingerprint density at radius 1 is 1.47 bits per heavy atom. The molecule has 0 spiro atoms. The number of rotatable bonds is 5.